The highest BCUT2D eigenvalue weighted by atomic mass is 19.1. The molecule has 0 aromatic carbocycles. The molecule has 1 amide bonds. The second kappa shape index (κ2) is 8.88. The normalized spacial score (nSPS) is 29.3. The van der Waals surface area contributed by atoms with E-state index in [-0.39, 0.29) is 11.9 Å². The van der Waals surface area contributed by atoms with E-state index in [0.29, 0.717) is 11.7 Å². The summed E-state index contributed by atoms with van der Waals surface area (Å²) in [5.74, 6) is 0.594. The van der Waals surface area contributed by atoms with E-state index < -0.39 is 5.67 Å². The second-order valence-corrected chi connectivity index (χ2v) is 5.84. The SMILES string of the molecule is CC.CC1CC1(C)F.O=C(NC1CCCNC1)c1ncc[nH]1. The lowest BCUT2D eigenvalue weighted by Gasteiger charge is -2.23. The first-order valence-corrected chi connectivity index (χ1v) is 8.19. The zero-order valence-electron chi connectivity index (χ0n) is 14.1. The molecule has 2 aliphatic rings. The van der Waals surface area contributed by atoms with Crippen molar-refractivity contribution in [3.05, 3.63) is 18.2 Å². The number of nitrogens with one attached hydrogen (secondary N) is 3. The lowest BCUT2D eigenvalue weighted by atomic mass is 10.1. The molecule has 3 unspecified atom stereocenters. The summed E-state index contributed by atoms with van der Waals surface area (Å²) >= 11 is 0. The number of halogens is 1. The number of aromatic amines is 1. The number of aromatic nitrogens is 2. The van der Waals surface area contributed by atoms with Gasteiger partial charge in [0.2, 0.25) is 0 Å². The Hall–Kier alpha value is -1.43. The van der Waals surface area contributed by atoms with Crippen LogP contribution in [0.3, 0.4) is 0 Å². The molecule has 2 heterocycles. The van der Waals surface area contributed by atoms with Gasteiger partial charge >= 0.3 is 0 Å². The molecule has 1 aromatic rings. The van der Waals surface area contributed by atoms with Crippen molar-refractivity contribution < 1.29 is 9.18 Å². The Morgan fingerprint density at radius 1 is 1.50 bits per heavy atom. The van der Waals surface area contributed by atoms with Crippen molar-refractivity contribution in [3.63, 3.8) is 0 Å². The molecule has 1 saturated carbocycles. The highest BCUT2D eigenvalue weighted by Gasteiger charge is 2.47. The standard InChI is InChI=1S/C9H14N4O.C5H9F.C2H6/c14-9(8-11-4-5-12-8)13-7-2-1-3-10-6-7;1-4-3-5(4,2)6;1-2/h4-5,7,10H,1-3,6H2,(H,11,12)(H,13,14);4H,3H2,1-2H3;1-2H3. The highest BCUT2D eigenvalue weighted by Crippen LogP contribution is 2.45. The van der Waals surface area contributed by atoms with Crippen molar-refractivity contribution in [1.82, 2.24) is 20.6 Å². The van der Waals surface area contributed by atoms with Crippen LogP contribution in [0, 0.1) is 5.92 Å². The minimum absolute atomic E-state index is 0.122. The van der Waals surface area contributed by atoms with Crippen molar-refractivity contribution >= 4 is 5.91 Å². The average molecular weight is 312 g/mol. The number of carbonyl (C=O) groups excluding carboxylic acids is 1. The van der Waals surface area contributed by atoms with Gasteiger partial charge in [0, 0.05) is 25.0 Å². The first-order chi connectivity index (χ1) is 10.5. The molecular formula is C16H29FN4O. The molecule has 3 rings (SSSR count). The molecule has 1 aliphatic carbocycles. The van der Waals surface area contributed by atoms with E-state index in [2.05, 4.69) is 20.6 Å². The third-order valence-corrected chi connectivity index (χ3v) is 3.92. The Balaban J connectivity index is 0.000000253. The van der Waals surface area contributed by atoms with Crippen LogP contribution in [0.15, 0.2) is 12.4 Å². The summed E-state index contributed by atoms with van der Waals surface area (Å²) in [6.45, 7) is 9.48. The van der Waals surface area contributed by atoms with Crippen LogP contribution in [0.1, 0.15) is 57.6 Å². The van der Waals surface area contributed by atoms with Crippen LogP contribution in [0.2, 0.25) is 0 Å². The third kappa shape index (κ3) is 6.13. The predicted molar refractivity (Wildman–Crippen MR) is 86.6 cm³/mol. The van der Waals surface area contributed by atoms with Crippen LogP contribution in [-0.2, 0) is 0 Å². The Kier molecular flexibility index (Phi) is 7.51. The Morgan fingerprint density at radius 3 is 2.55 bits per heavy atom. The van der Waals surface area contributed by atoms with Gasteiger partial charge < -0.3 is 15.6 Å². The van der Waals surface area contributed by atoms with E-state index in [1.165, 1.54) is 0 Å². The number of H-pyrrole nitrogens is 1. The van der Waals surface area contributed by atoms with Crippen LogP contribution in [-0.4, -0.2) is 40.7 Å². The number of hydrogen-bond donors (Lipinski definition) is 3. The van der Waals surface area contributed by atoms with Gasteiger partial charge in [-0.2, -0.15) is 0 Å². The summed E-state index contributed by atoms with van der Waals surface area (Å²) in [4.78, 5) is 18.2. The fraction of sp³-hybridized carbons (Fsp3) is 0.750. The molecule has 5 nitrogen and oxygen atoms in total. The van der Waals surface area contributed by atoms with Gasteiger partial charge in [0.15, 0.2) is 5.82 Å². The summed E-state index contributed by atoms with van der Waals surface area (Å²) < 4.78 is 12.2. The van der Waals surface area contributed by atoms with Crippen molar-refractivity contribution in [2.45, 2.75) is 58.7 Å². The number of imidazole rings is 1. The van der Waals surface area contributed by atoms with Crippen LogP contribution in [0.5, 0.6) is 0 Å². The van der Waals surface area contributed by atoms with Crippen molar-refractivity contribution in [2.24, 2.45) is 5.92 Å². The fourth-order valence-electron chi connectivity index (χ4n) is 2.16. The summed E-state index contributed by atoms with van der Waals surface area (Å²) in [6, 6.07) is 0.237. The average Bonchev–Trinajstić information content (AvgIpc) is 2.93. The van der Waals surface area contributed by atoms with Gasteiger partial charge in [-0.05, 0) is 38.6 Å². The Morgan fingerprint density at radius 2 is 2.14 bits per heavy atom. The maximum Gasteiger partial charge on any atom is 0.287 e. The predicted octanol–water partition coefficient (Wildman–Crippen LogP) is 2.67. The number of amides is 1. The zero-order valence-corrected chi connectivity index (χ0v) is 14.1. The first kappa shape index (κ1) is 18.6. The number of rotatable bonds is 2. The third-order valence-electron chi connectivity index (χ3n) is 3.92. The van der Waals surface area contributed by atoms with Crippen LogP contribution in [0.25, 0.3) is 0 Å². The lowest BCUT2D eigenvalue weighted by Crippen LogP contribution is -2.45. The summed E-state index contributed by atoms with van der Waals surface area (Å²) in [5.41, 5.74) is -0.792. The maximum atomic E-state index is 12.2. The second-order valence-electron chi connectivity index (χ2n) is 5.84. The quantitative estimate of drug-likeness (QED) is 0.786. The number of nitrogens with zero attached hydrogens (tertiary/aromatic N) is 1. The summed E-state index contributed by atoms with van der Waals surface area (Å²) in [7, 11) is 0. The molecule has 1 saturated heterocycles. The van der Waals surface area contributed by atoms with Crippen molar-refractivity contribution in [1.29, 1.82) is 0 Å². The number of alkyl halides is 1. The summed E-state index contributed by atoms with van der Waals surface area (Å²) in [5, 5.41) is 6.17. The zero-order chi connectivity index (χ0) is 16.6. The fourth-order valence-corrected chi connectivity index (χ4v) is 2.16. The Bertz CT molecular complexity index is 427. The van der Waals surface area contributed by atoms with Gasteiger partial charge in [0.1, 0.15) is 5.67 Å². The van der Waals surface area contributed by atoms with Crippen LogP contribution >= 0.6 is 0 Å². The van der Waals surface area contributed by atoms with E-state index >= 15 is 0 Å². The Labute approximate surface area is 132 Å². The van der Waals surface area contributed by atoms with Crippen LogP contribution < -0.4 is 10.6 Å². The molecule has 3 atom stereocenters. The minimum atomic E-state index is -0.792. The molecule has 0 radical (unpaired) electrons. The molecule has 126 valence electrons. The first-order valence-electron chi connectivity index (χ1n) is 8.19. The van der Waals surface area contributed by atoms with Gasteiger partial charge in [0.25, 0.3) is 5.91 Å². The monoisotopic (exact) mass is 312 g/mol. The van der Waals surface area contributed by atoms with E-state index in [9.17, 15) is 9.18 Å². The number of carbonyl (C=O) groups is 1. The van der Waals surface area contributed by atoms with Crippen molar-refractivity contribution in [2.75, 3.05) is 13.1 Å². The molecule has 1 aliphatic heterocycles. The minimum Gasteiger partial charge on any atom is -0.345 e. The van der Waals surface area contributed by atoms with E-state index in [4.69, 9.17) is 0 Å². The largest absolute Gasteiger partial charge is 0.345 e. The smallest absolute Gasteiger partial charge is 0.287 e. The van der Waals surface area contributed by atoms with Gasteiger partial charge in [-0.25, -0.2) is 9.37 Å². The van der Waals surface area contributed by atoms with Gasteiger partial charge in [-0.1, -0.05) is 20.8 Å². The molecule has 3 N–H and O–H groups in total. The van der Waals surface area contributed by atoms with E-state index in [0.717, 1.165) is 32.4 Å². The molecule has 1 aromatic heterocycles. The summed E-state index contributed by atoms with van der Waals surface area (Å²) in [6.07, 6.45) is 6.15. The van der Waals surface area contributed by atoms with Gasteiger partial charge in [-0.15, -0.1) is 0 Å². The molecular weight excluding hydrogens is 283 g/mol. The maximum absolute atomic E-state index is 12.2. The highest BCUT2D eigenvalue weighted by molar-refractivity contribution is 5.90. The molecule has 0 spiro atoms. The molecule has 2 fully saturated rings. The topological polar surface area (TPSA) is 69.8 Å². The number of hydrogen-bond acceptors (Lipinski definition) is 3. The van der Waals surface area contributed by atoms with Gasteiger partial charge in [0.05, 0.1) is 0 Å². The molecule has 22 heavy (non-hydrogen) atoms. The lowest BCUT2D eigenvalue weighted by molar-refractivity contribution is 0.0921. The molecule has 6 heteroatoms. The van der Waals surface area contributed by atoms with E-state index in [1.54, 1.807) is 19.3 Å². The number of piperidine rings is 1. The van der Waals surface area contributed by atoms with Crippen LogP contribution in [0.4, 0.5) is 4.39 Å². The molecule has 0 bridgehead atoms. The van der Waals surface area contributed by atoms with Gasteiger partial charge in [-0.3, -0.25) is 4.79 Å². The van der Waals surface area contributed by atoms with Crippen molar-refractivity contribution in [3.8, 4) is 0 Å². The van der Waals surface area contributed by atoms with E-state index in [1.807, 2.05) is 20.8 Å².